The van der Waals surface area contributed by atoms with Gasteiger partial charge >= 0.3 is 0 Å². The summed E-state index contributed by atoms with van der Waals surface area (Å²) in [6, 6.07) is 0. The maximum Gasteiger partial charge on any atom is 0.185 e. The minimum Gasteiger partial charge on any atom is -0.375 e. The first-order valence-corrected chi connectivity index (χ1v) is 5.74. The van der Waals surface area contributed by atoms with E-state index in [1.807, 2.05) is 11.6 Å². The molecule has 0 radical (unpaired) electrons. The van der Waals surface area contributed by atoms with Gasteiger partial charge in [0.15, 0.2) is 5.13 Å². The summed E-state index contributed by atoms with van der Waals surface area (Å²) in [7, 11) is 0. The maximum absolute atomic E-state index is 5.62. The maximum atomic E-state index is 5.62. The van der Waals surface area contributed by atoms with Gasteiger partial charge in [-0.15, -0.1) is 11.3 Å². The fourth-order valence-electron chi connectivity index (χ4n) is 1.58. The van der Waals surface area contributed by atoms with E-state index in [4.69, 9.17) is 10.5 Å². The largest absolute Gasteiger partial charge is 0.375 e. The van der Waals surface area contributed by atoms with Gasteiger partial charge in [0.25, 0.3) is 0 Å². The Hall–Kier alpha value is -0.650. The van der Waals surface area contributed by atoms with Crippen molar-refractivity contribution in [3.8, 4) is 0 Å². The summed E-state index contributed by atoms with van der Waals surface area (Å²) in [6.45, 7) is 3.28. The Labute approximate surface area is 87.7 Å². The predicted molar refractivity (Wildman–Crippen MR) is 57.7 cm³/mol. The molecule has 2 heterocycles. The lowest BCUT2D eigenvalue weighted by molar-refractivity contribution is 0.0749. The normalized spacial score (nSPS) is 23.5. The second-order valence-electron chi connectivity index (χ2n) is 3.34. The fourth-order valence-corrected chi connectivity index (χ4v) is 2.26. The first kappa shape index (κ1) is 9.89. The average Bonchev–Trinajstić information content (AvgIpc) is 2.63. The van der Waals surface area contributed by atoms with E-state index in [0.29, 0.717) is 6.54 Å². The molecule has 0 aliphatic carbocycles. The standard InChI is InChI=1S/C9H15N3OS/c10-6-8-7-12(3-1-4-13-8)9-11-2-5-14-9/h2,5,8H,1,3-4,6-7,10H2. The third-order valence-corrected chi connectivity index (χ3v) is 3.13. The lowest BCUT2D eigenvalue weighted by atomic mass is 10.3. The van der Waals surface area contributed by atoms with E-state index in [0.717, 1.165) is 31.2 Å². The summed E-state index contributed by atoms with van der Waals surface area (Å²) in [6.07, 6.45) is 3.04. The van der Waals surface area contributed by atoms with E-state index in [2.05, 4.69) is 9.88 Å². The first-order valence-electron chi connectivity index (χ1n) is 4.86. The Balaban J connectivity index is 2.03. The zero-order valence-electron chi connectivity index (χ0n) is 8.06. The highest BCUT2D eigenvalue weighted by Crippen LogP contribution is 2.19. The third kappa shape index (κ3) is 2.23. The van der Waals surface area contributed by atoms with Crippen molar-refractivity contribution in [3.63, 3.8) is 0 Å². The van der Waals surface area contributed by atoms with Gasteiger partial charge < -0.3 is 15.4 Å². The van der Waals surface area contributed by atoms with Crippen molar-refractivity contribution in [3.05, 3.63) is 11.6 Å². The Morgan fingerprint density at radius 1 is 1.71 bits per heavy atom. The summed E-state index contributed by atoms with van der Waals surface area (Å²) in [5.74, 6) is 0. The number of hydrogen-bond donors (Lipinski definition) is 1. The van der Waals surface area contributed by atoms with Crippen LogP contribution in [-0.4, -0.2) is 37.3 Å². The van der Waals surface area contributed by atoms with Crippen LogP contribution < -0.4 is 10.6 Å². The van der Waals surface area contributed by atoms with Crippen LogP contribution in [0.5, 0.6) is 0 Å². The van der Waals surface area contributed by atoms with Crippen molar-refractivity contribution in [1.82, 2.24) is 4.98 Å². The van der Waals surface area contributed by atoms with E-state index in [1.165, 1.54) is 0 Å². The van der Waals surface area contributed by atoms with Crippen LogP contribution in [0.1, 0.15) is 6.42 Å². The molecule has 0 saturated carbocycles. The van der Waals surface area contributed by atoms with Crippen LogP contribution in [0, 0.1) is 0 Å². The molecule has 1 unspecified atom stereocenters. The van der Waals surface area contributed by atoms with Crippen LogP contribution >= 0.6 is 11.3 Å². The quantitative estimate of drug-likeness (QED) is 0.785. The van der Waals surface area contributed by atoms with Crippen LogP contribution in [0.4, 0.5) is 5.13 Å². The minimum absolute atomic E-state index is 0.154. The number of anilines is 1. The van der Waals surface area contributed by atoms with Crippen molar-refractivity contribution in [1.29, 1.82) is 0 Å². The highest BCUT2D eigenvalue weighted by Gasteiger charge is 2.18. The number of nitrogens with two attached hydrogens (primary N) is 1. The molecule has 1 fully saturated rings. The van der Waals surface area contributed by atoms with Crippen molar-refractivity contribution in [2.75, 3.05) is 31.1 Å². The number of aromatic nitrogens is 1. The van der Waals surface area contributed by atoms with Gasteiger partial charge in [-0.1, -0.05) is 0 Å². The predicted octanol–water partition coefficient (Wildman–Crippen LogP) is 0.697. The van der Waals surface area contributed by atoms with Crippen LogP contribution in [0.15, 0.2) is 11.6 Å². The van der Waals surface area contributed by atoms with Gasteiger partial charge in [0.1, 0.15) is 0 Å². The van der Waals surface area contributed by atoms with E-state index in [1.54, 1.807) is 11.3 Å². The summed E-state index contributed by atoms with van der Waals surface area (Å²) in [5.41, 5.74) is 5.62. The molecule has 1 aromatic rings. The highest BCUT2D eigenvalue weighted by molar-refractivity contribution is 7.13. The number of thiazole rings is 1. The molecule has 2 rings (SSSR count). The van der Waals surface area contributed by atoms with Crippen LogP contribution in [0.25, 0.3) is 0 Å². The molecular formula is C9H15N3OS. The van der Waals surface area contributed by atoms with E-state index >= 15 is 0 Å². The molecule has 0 amide bonds. The lowest BCUT2D eigenvalue weighted by Gasteiger charge is -2.22. The second kappa shape index (κ2) is 4.72. The topological polar surface area (TPSA) is 51.4 Å². The van der Waals surface area contributed by atoms with Crippen LogP contribution in [0.3, 0.4) is 0 Å². The monoisotopic (exact) mass is 213 g/mol. The zero-order chi connectivity index (χ0) is 9.80. The molecule has 1 aliphatic heterocycles. The smallest absolute Gasteiger partial charge is 0.185 e. The van der Waals surface area contributed by atoms with Crippen molar-refractivity contribution >= 4 is 16.5 Å². The molecule has 0 spiro atoms. The highest BCUT2D eigenvalue weighted by atomic mass is 32.1. The lowest BCUT2D eigenvalue weighted by Crippen LogP contribution is -2.36. The summed E-state index contributed by atoms with van der Waals surface area (Å²) >= 11 is 1.67. The third-order valence-electron chi connectivity index (χ3n) is 2.30. The van der Waals surface area contributed by atoms with Crippen molar-refractivity contribution in [2.24, 2.45) is 5.73 Å². The van der Waals surface area contributed by atoms with E-state index < -0.39 is 0 Å². The molecule has 1 saturated heterocycles. The zero-order valence-corrected chi connectivity index (χ0v) is 8.87. The Morgan fingerprint density at radius 3 is 3.36 bits per heavy atom. The summed E-state index contributed by atoms with van der Waals surface area (Å²) in [5, 5.41) is 3.08. The molecule has 0 aromatic carbocycles. The van der Waals surface area contributed by atoms with Gasteiger partial charge in [-0.2, -0.15) is 0 Å². The molecule has 1 aromatic heterocycles. The van der Waals surface area contributed by atoms with Crippen molar-refractivity contribution in [2.45, 2.75) is 12.5 Å². The number of rotatable bonds is 2. The average molecular weight is 213 g/mol. The van der Waals surface area contributed by atoms with E-state index in [-0.39, 0.29) is 6.10 Å². The fraction of sp³-hybridized carbons (Fsp3) is 0.667. The first-order chi connectivity index (χ1) is 6.90. The summed E-state index contributed by atoms with van der Waals surface area (Å²) < 4.78 is 5.59. The van der Waals surface area contributed by atoms with Gasteiger partial charge in [0.05, 0.1) is 6.10 Å². The van der Waals surface area contributed by atoms with Gasteiger partial charge in [-0.05, 0) is 6.42 Å². The number of ether oxygens (including phenoxy) is 1. The number of hydrogen-bond acceptors (Lipinski definition) is 5. The van der Waals surface area contributed by atoms with Gasteiger partial charge in [0, 0.05) is 37.8 Å². The molecular weight excluding hydrogens is 198 g/mol. The molecule has 78 valence electrons. The Bertz CT molecular complexity index is 265. The SMILES string of the molecule is NCC1CN(c2nccs2)CCCO1. The van der Waals surface area contributed by atoms with Crippen LogP contribution in [-0.2, 0) is 4.74 Å². The molecule has 0 bridgehead atoms. The van der Waals surface area contributed by atoms with Crippen molar-refractivity contribution < 1.29 is 4.74 Å². The molecule has 14 heavy (non-hydrogen) atoms. The molecule has 4 nitrogen and oxygen atoms in total. The summed E-state index contributed by atoms with van der Waals surface area (Å²) in [4.78, 5) is 6.56. The Kier molecular flexibility index (Phi) is 3.34. The molecule has 2 N–H and O–H groups in total. The van der Waals surface area contributed by atoms with Crippen LogP contribution in [0.2, 0.25) is 0 Å². The van der Waals surface area contributed by atoms with E-state index in [9.17, 15) is 0 Å². The van der Waals surface area contributed by atoms with Gasteiger partial charge in [-0.3, -0.25) is 0 Å². The van der Waals surface area contributed by atoms with Gasteiger partial charge in [-0.25, -0.2) is 4.98 Å². The minimum atomic E-state index is 0.154. The molecule has 5 heteroatoms. The number of nitrogens with zero attached hydrogens (tertiary/aromatic N) is 2. The molecule has 1 atom stereocenters. The Morgan fingerprint density at radius 2 is 2.64 bits per heavy atom. The van der Waals surface area contributed by atoms with Gasteiger partial charge in [0.2, 0.25) is 0 Å². The second-order valence-corrected chi connectivity index (χ2v) is 4.22. The molecule has 1 aliphatic rings.